The van der Waals surface area contributed by atoms with Gasteiger partial charge in [0.15, 0.2) is 12.3 Å². The van der Waals surface area contributed by atoms with Crippen LogP contribution in [0, 0.1) is 0 Å². The number of benzene rings is 1. The SMILES string of the molecule is CC(OCc1ccccc1)C(=O)OCC1OC(n2cnc(C(N)=O)n2)C(O)C1O. The number of carbonyl (C=O) groups is 2. The van der Waals surface area contributed by atoms with Crippen LogP contribution in [0.2, 0.25) is 0 Å². The zero-order valence-electron chi connectivity index (χ0n) is 15.6. The van der Waals surface area contributed by atoms with Gasteiger partial charge >= 0.3 is 5.97 Å². The second kappa shape index (κ2) is 9.09. The van der Waals surface area contributed by atoms with Crippen molar-refractivity contribution in [2.24, 2.45) is 5.73 Å². The summed E-state index contributed by atoms with van der Waals surface area (Å²) >= 11 is 0. The Morgan fingerprint density at radius 3 is 2.66 bits per heavy atom. The molecule has 11 nitrogen and oxygen atoms in total. The van der Waals surface area contributed by atoms with Crippen LogP contribution in [0.25, 0.3) is 0 Å². The van der Waals surface area contributed by atoms with Crippen molar-refractivity contribution in [1.82, 2.24) is 14.8 Å². The topological polar surface area (TPSA) is 159 Å². The fourth-order valence-corrected chi connectivity index (χ4v) is 2.74. The lowest BCUT2D eigenvalue weighted by atomic mass is 10.1. The summed E-state index contributed by atoms with van der Waals surface area (Å²) < 4.78 is 17.2. The molecule has 0 aliphatic carbocycles. The molecule has 1 aromatic heterocycles. The van der Waals surface area contributed by atoms with Gasteiger partial charge in [0, 0.05) is 0 Å². The van der Waals surface area contributed by atoms with Gasteiger partial charge in [-0.05, 0) is 12.5 Å². The van der Waals surface area contributed by atoms with Gasteiger partial charge in [-0.1, -0.05) is 30.3 Å². The molecule has 0 radical (unpaired) electrons. The Morgan fingerprint density at radius 1 is 1.28 bits per heavy atom. The standard InChI is InChI=1S/C18H22N4O7/c1-10(27-7-11-5-3-2-4-6-11)18(26)28-8-12-13(23)14(24)17(29-12)22-9-20-16(21-22)15(19)25/h2-6,9-10,12-14,17,23-24H,7-8H2,1H3,(H2,19,25). The Balaban J connectivity index is 1.50. The molecule has 0 spiro atoms. The normalized spacial score (nSPS) is 24.9. The molecule has 29 heavy (non-hydrogen) atoms. The maximum absolute atomic E-state index is 12.1. The summed E-state index contributed by atoms with van der Waals surface area (Å²) in [5, 5.41) is 24.1. The average molecular weight is 406 g/mol. The molecule has 5 atom stereocenters. The number of rotatable bonds is 8. The summed E-state index contributed by atoms with van der Waals surface area (Å²) in [4.78, 5) is 26.9. The fourth-order valence-electron chi connectivity index (χ4n) is 2.74. The number of hydrogen-bond donors (Lipinski definition) is 3. The molecule has 5 unspecified atom stereocenters. The van der Waals surface area contributed by atoms with E-state index in [-0.39, 0.29) is 19.0 Å². The van der Waals surface area contributed by atoms with Gasteiger partial charge in [0.1, 0.15) is 31.2 Å². The molecule has 1 aromatic carbocycles. The van der Waals surface area contributed by atoms with E-state index in [1.54, 1.807) is 6.92 Å². The van der Waals surface area contributed by atoms with Crippen LogP contribution in [-0.2, 0) is 25.6 Å². The highest BCUT2D eigenvalue weighted by molar-refractivity contribution is 5.88. The smallest absolute Gasteiger partial charge is 0.335 e. The van der Waals surface area contributed by atoms with E-state index in [0.717, 1.165) is 16.6 Å². The first-order chi connectivity index (χ1) is 13.9. The lowest BCUT2D eigenvalue weighted by Gasteiger charge is -2.17. The summed E-state index contributed by atoms with van der Waals surface area (Å²) in [7, 11) is 0. The highest BCUT2D eigenvalue weighted by Crippen LogP contribution is 2.29. The Bertz CT molecular complexity index is 844. The zero-order chi connectivity index (χ0) is 21.0. The number of aliphatic hydroxyl groups is 2. The fraction of sp³-hybridized carbons (Fsp3) is 0.444. The second-order valence-corrected chi connectivity index (χ2v) is 6.53. The molecule has 1 fully saturated rings. The van der Waals surface area contributed by atoms with Crippen molar-refractivity contribution in [3.8, 4) is 0 Å². The van der Waals surface area contributed by atoms with Crippen LogP contribution < -0.4 is 5.73 Å². The molecule has 0 saturated carbocycles. The van der Waals surface area contributed by atoms with Crippen molar-refractivity contribution in [1.29, 1.82) is 0 Å². The van der Waals surface area contributed by atoms with E-state index in [9.17, 15) is 19.8 Å². The maximum Gasteiger partial charge on any atom is 0.335 e. The molecule has 0 bridgehead atoms. The molecule has 1 saturated heterocycles. The molecule has 3 rings (SSSR count). The number of hydrogen-bond acceptors (Lipinski definition) is 9. The number of carbonyl (C=O) groups excluding carboxylic acids is 2. The van der Waals surface area contributed by atoms with Gasteiger partial charge in [0.05, 0.1) is 6.61 Å². The third kappa shape index (κ3) is 4.95. The largest absolute Gasteiger partial charge is 0.461 e. The predicted octanol–water partition coefficient (Wildman–Crippen LogP) is -0.855. The molecule has 4 N–H and O–H groups in total. The number of nitrogens with zero attached hydrogens (tertiary/aromatic N) is 3. The van der Waals surface area contributed by atoms with Crippen molar-refractivity contribution >= 4 is 11.9 Å². The first kappa shape index (κ1) is 20.9. The highest BCUT2D eigenvalue weighted by atomic mass is 16.6. The number of primary amides is 1. The first-order valence-corrected chi connectivity index (χ1v) is 8.91. The average Bonchev–Trinajstić information content (AvgIpc) is 3.31. The Kier molecular flexibility index (Phi) is 6.54. The maximum atomic E-state index is 12.1. The second-order valence-electron chi connectivity index (χ2n) is 6.53. The van der Waals surface area contributed by atoms with Gasteiger partial charge in [-0.2, -0.15) is 0 Å². The molecule has 2 aromatic rings. The lowest BCUT2D eigenvalue weighted by Crippen LogP contribution is -2.35. The summed E-state index contributed by atoms with van der Waals surface area (Å²) in [6.07, 6.45) is -4.50. The molecule has 156 valence electrons. The molecule has 1 aliphatic heterocycles. The quantitative estimate of drug-likeness (QED) is 0.474. The number of aliphatic hydroxyl groups excluding tert-OH is 2. The summed E-state index contributed by atoms with van der Waals surface area (Å²) in [5.74, 6) is -1.73. The van der Waals surface area contributed by atoms with Crippen LogP contribution in [-0.4, -0.2) is 67.9 Å². The minimum atomic E-state index is -1.37. The van der Waals surface area contributed by atoms with Gasteiger partial charge < -0.3 is 30.2 Å². The number of aromatic nitrogens is 3. The van der Waals surface area contributed by atoms with Crippen molar-refractivity contribution < 1.29 is 34.0 Å². The Morgan fingerprint density at radius 2 is 2.00 bits per heavy atom. The molecule has 2 heterocycles. The van der Waals surface area contributed by atoms with Crippen LogP contribution in [0.1, 0.15) is 29.3 Å². The van der Waals surface area contributed by atoms with Crippen LogP contribution in [0.15, 0.2) is 36.7 Å². The molecule has 11 heteroatoms. The van der Waals surface area contributed by atoms with E-state index in [1.807, 2.05) is 30.3 Å². The molecular weight excluding hydrogens is 384 g/mol. The number of amides is 1. The molecule has 1 aliphatic rings. The van der Waals surface area contributed by atoms with Gasteiger partial charge in [0.2, 0.25) is 5.82 Å². The molecular formula is C18H22N4O7. The van der Waals surface area contributed by atoms with Gasteiger partial charge in [-0.3, -0.25) is 4.79 Å². The van der Waals surface area contributed by atoms with Crippen LogP contribution in [0.3, 0.4) is 0 Å². The lowest BCUT2D eigenvalue weighted by molar-refractivity contribution is -0.163. The van der Waals surface area contributed by atoms with Crippen LogP contribution in [0.5, 0.6) is 0 Å². The van der Waals surface area contributed by atoms with Crippen molar-refractivity contribution in [2.75, 3.05) is 6.61 Å². The highest BCUT2D eigenvalue weighted by Gasteiger charge is 2.45. The molecule has 1 amide bonds. The van der Waals surface area contributed by atoms with Gasteiger partial charge in [-0.25, -0.2) is 14.5 Å². The van der Waals surface area contributed by atoms with E-state index in [1.165, 1.54) is 0 Å². The first-order valence-electron chi connectivity index (χ1n) is 8.91. The van der Waals surface area contributed by atoms with E-state index in [2.05, 4.69) is 10.1 Å². The van der Waals surface area contributed by atoms with E-state index in [0.29, 0.717) is 0 Å². The van der Waals surface area contributed by atoms with Crippen molar-refractivity contribution in [3.63, 3.8) is 0 Å². The monoisotopic (exact) mass is 406 g/mol. The summed E-state index contributed by atoms with van der Waals surface area (Å²) in [6, 6.07) is 9.35. The van der Waals surface area contributed by atoms with E-state index < -0.39 is 42.5 Å². The number of ether oxygens (including phenoxy) is 3. The minimum absolute atomic E-state index is 0.245. The van der Waals surface area contributed by atoms with E-state index >= 15 is 0 Å². The van der Waals surface area contributed by atoms with Gasteiger partial charge in [-0.15, -0.1) is 5.10 Å². The minimum Gasteiger partial charge on any atom is -0.461 e. The summed E-state index contributed by atoms with van der Waals surface area (Å²) in [6.45, 7) is 1.49. The van der Waals surface area contributed by atoms with Crippen LogP contribution in [0.4, 0.5) is 0 Å². The Hall–Kier alpha value is -2.86. The van der Waals surface area contributed by atoms with Crippen molar-refractivity contribution in [3.05, 3.63) is 48.0 Å². The third-order valence-electron chi connectivity index (χ3n) is 4.39. The number of esters is 1. The third-order valence-corrected chi connectivity index (χ3v) is 4.39. The predicted molar refractivity (Wildman–Crippen MR) is 96.1 cm³/mol. The number of nitrogens with two attached hydrogens (primary N) is 1. The Labute approximate surface area is 166 Å². The van der Waals surface area contributed by atoms with Crippen LogP contribution >= 0.6 is 0 Å². The van der Waals surface area contributed by atoms with E-state index in [4.69, 9.17) is 19.9 Å². The zero-order valence-corrected chi connectivity index (χ0v) is 15.6. The summed E-state index contributed by atoms with van der Waals surface area (Å²) in [5.41, 5.74) is 6.00. The van der Waals surface area contributed by atoms with Gasteiger partial charge in [0.25, 0.3) is 5.91 Å². The van der Waals surface area contributed by atoms with Crippen molar-refractivity contribution in [2.45, 2.75) is 44.2 Å².